The molecule has 0 unspecified atom stereocenters. The first-order valence-electron chi connectivity index (χ1n) is 5.97. The lowest BCUT2D eigenvalue weighted by atomic mass is 10.00. The van der Waals surface area contributed by atoms with Crippen LogP contribution in [0.2, 0.25) is 0 Å². The summed E-state index contributed by atoms with van der Waals surface area (Å²) in [5.74, 6) is 0.503. The summed E-state index contributed by atoms with van der Waals surface area (Å²) in [5.41, 5.74) is 0.455. The number of rotatable bonds is 1. The lowest BCUT2D eigenvalue weighted by Gasteiger charge is -2.32. The third-order valence-electron chi connectivity index (χ3n) is 3.19. The Morgan fingerprint density at radius 3 is 2.65 bits per heavy atom. The average Bonchev–Trinajstić information content (AvgIpc) is 2.33. The minimum Gasteiger partial charge on any atom is -0.349 e. The molecule has 1 aliphatic rings. The van der Waals surface area contributed by atoms with E-state index in [4.69, 9.17) is 12.2 Å². The van der Waals surface area contributed by atoms with E-state index >= 15 is 0 Å². The molecule has 1 aromatic rings. The molecule has 0 aromatic heterocycles. The van der Waals surface area contributed by atoms with Gasteiger partial charge in [-0.05, 0) is 43.1 Å². The zero-order valence-electron chi connectivity index (χ0n) is 9.95. The maximum atomic E-state index is 13.4. The fourth-order valence-corrected chi connectivity index (χ4v) is 2.26. The molecule has 1 fully saturated rings. The van der Waals surface area contributed by atoms with Crippen LogP contribution in [-0.2, 0) is 0 Å². The lowest BCUT2D eigenvalue weighted by molar-refractivity contribution is 0.283. The monoisotopic (exact) mass is 252 g/mol. The largest absolute Gasteiger partial charge is 0.349 e. The number of nitrogens with one attached hydrogen (secondary N) is 1. The normalized spacial score (nSPS) is 16.9. The van der Waals surface area contributed by atoms with E-state index in [9.17, 15) is 4.39 Å². The van der Waals surface area contributed by atoms with Gasteiger partial charge in [0.1, 0.15) is 5.82 Å². The van der Waals surface area contributed by atoms with Gasteiger partial charge in [-0.1, -0.05) is 19.1 Å². The van der Waals surface area contributed by atoms with Crippen LogP contribution in [0.5, 0.6) is 0 Å². The van der Waals surface area contributed by atoms with Crippen molar-refractivity contribution < 1.29 is 4.39 Å². The summed E-state index contributed by atoms with van der Waals surface area (Å²) in [6.45, 7) is 4.17. The summed E-state index contributed by atoms with van der Waals surface area (Å²) in [6, 6.07) is 6.61. The van der Waals surface area contributed by atoms with Crippen molar-refractivity contribution in [3.63, 3.8) is 0 Å². The second kappa shape index (κ2) is 5.45. The lowest BCUT2D eigenvalue weighted by Crippen LogP contribution is -2.40. The van der Waals surface area contributed by atoms with E-state index < -0.39 is 0 Å². The molecule has 4 heteroatoms. The molecule has 2 rings (SSSR count). The van der Waals surface area contributed by atoms with Crippen LogP contribution in [0.4, 0.5) is 10.1 Å². The van der Waals surface area contributed by atoms with Crippen molar-refractivity contribution in [2.45, 2.75) is 19.8 Å². The minimum atomic E-state index is -0.264. The van der Waals surface area contributed by atoms with Crippen LogP contribution in [0.1, 0.15) is 19.8 Å². The second-order valence-electron chi connectivity index (χ2n) is 4.58. The van der Waals surface area contributed by atoms with Crippen molar-refractivity contribution in [1.82, 2.24) is 4.90 Å². The fraction of sp³-hybridized carbons (Fsp3) is 0.462. The highest BCUT2D eigenvalue weighted by molar-refractivity contribution is 7.80. The van der Waals surface area contributed by atoms with Gasteiger partial charge in [0, 0.05) is 13.1 Å². The molecule has 2 nitrogen and oxygen atoms in total. The van der Waals surface area contributed by atoms with Crippen LogP contribution >= 0.6 is 12.2 Å². The number of halogens is 1. The quantitative estimate of drug-likeness (QED) is 0.772. The Hall–Kier alpha value is -1.16. The third kappa shape index (κ3) is 3.16. The van der Waals surface area contributed by atoms with E-state index in [0.717, 1.165) is 31.8 Å². The molecular formula is C13H17FN2S. The molecule has 1 saturated heterocycles. The zero-order chi connectivity index (χ0) is 12.3. The van der Waals surface area contributed by atoms with Crippen LogP contribution < -0.4 is 5.32 Å². The first-order valence-corrected chi connectivity index (χ1v) is 6.38. The Bertz CT molecular complexity index is 400. The van der Waals surface area contributed by atoms with E-state index in [2.05, 4.69) is 17.1 Å². The van der Waals surface area contributed by atoms with Crippen molar-refractivity contribution in [2.75, 3.05) is 18.4 Å². The van der Waals surface area contributed by atoms with Gasteiger partial charge < -0.3 is 10.2 Å². The molecule has 1 heterocycles. The van der Waals surface area contributed by atoms with Crippen molar-refractivity contribution in [3.05, 3.63) is 30.1 Å². The Kier molecular flexibility index (Phi) is 3.94. The Morgan fingerprint density at radius 2 is 2.00 bits per heavy atom. The molecule has 0 spiro atoms. The first kappa shape index (κ1) is 12.3. The van der Waals surface area contributed by atoms with Crippen molar-refractivity contribution in [1.29, 1.82) is 0 Å². The molecule has 17 heavy (non-hydrogen) atoms. The van der Waals surface area contributed by atoms with Gasteiger partial charge in [-0.3, -0.25) is 0 Å². The Labute approximate surface area is 107 Å². The van der Waals surface area contributed by atoms with Gasteiger partial charge in [0.2, 0.25) is 0 Å². The number of anilines is 1. The van der Waals surface area contributed by atoms with Gasteiger partial charge in [-0.2, -0.15) is 0 Å². The third-order valence-corrected chi connectivity index (χ3v) is 3.55. The summed E-state index contributed by atoms with van der Waals surface area (Å²) in [7, 11) is 0. The highest BCUT2D eigenvalue weighted by Gasteiger charge is 2.18. The molecule has 0 atom stereocenters. The van der Waals surface area contributed by atoms with E-state index in [1.807, 2.05) is 0 Å². The Balaban J connectivity index is 1.95. The maximum Gasteiger partial charge on any atom is 0.173 e. The number of nitrogens with zero attached hydrogens (tertiary/aromatic N) is 1. The molecule has 92 valence electrons. The molecule has 0 radical (unpaired) electrons. The number of para-hydroxylation sites is 1. The number of thiocarbonyl (C=S) groups is 1. The van der Waals surface area contributed by atoms with Crippen LogP contribution in [0, 0.1) is 11.7 Å². The minimum absolute atomic E-state index is 0.264. The number of hydrogen-bond donors (Lipinski definition) is 1. The van der Waals surface area contributed by atoms with E-state index in [-0.39, 0.29) is 5.82 Å². The van der Waals surface area contributed by atoms with Gasteiger partial charge in [-0.15, -0.1) is 0 Å². The van der Waals surface area contributed by atoms with E-state index in [1.54, 1.807) is 18.2 Å². The summed E-state index contributed by atoms with van der Waals surface area (Å²) < 4.78 is 13.4. The summed E-state index contributed by atoms with van der Waals surface area (Å²) in [4.78, 5) is 2.11. The van der Waals surface area contributed by atoms with Crippen molar-refractivity contribution >= 4 is 23.0 Å². The highest BCUT2D eigenvalue weighted by Crippen LogP contribution is 2.18. The second-order valence-corrected chi connectivity index (χ2v) is 4.97. The standard InChI is InChI=1S/C13H17FN2S/c1-10-6-8-16(9-7-10)13(17)15-12-5-3-2-4-11(12)14/h2-5,10H,6-9H2,1H3,(H,15,17). The highest BCUT2D eigenvalue weighted by atomic mass is 32.1. The predicted octanol–water partition coefficient (Wildman–Crippen LogP) is 3.25. The zero-order valence-corrected chi connectivity index (χ0v) is 10.8. The van der Waals surface area contributed by atoms with Crippen LogP contribution in [-0.4, -0.2) is 23.1 Å². The summed E-state index contributed by atoms with van der Waals surface area (Å²) >= 11 is 5.30. The number of likely N-dealkylation sites (tertiary alicyclic amines) is 1. The SMILES string of the molecule is CC1CCN(C(=S)Nc2ccccc2F)CC1. The number of hydrogen-bond acceptors (Lipinski definition) is 1. The van der Waals surface area contributed by atoms with Crippen LogP contribution in [0.3, 0.4) is 0 Å². The van der Waals surface area contributed by atoms with Gasteiger partial charge in [0.05, 0.1) is 5.69 Å². The molecule has 0 bridgehead atoms. The van der Waals surface area contributed by atoms with Gasteiger partial charge in [0.15, 0.2) is 5.11 Å². The molecule has 0 saturated carbocycles. The fourth-order valence-electron chi connectivity index (χ4n) is 1.97. The molecule has 1 N–H and O–H groups in total. The van der Waals surface area contributed by atoms with Gasteiger partial charge in [0.25, 0.3) is 0 Å². The average molecular weight is 252 g/mol. The van der Waals surface area contributed by atoms with Crippen LogP contribution in [0.25, 0.3) is 0 Å². The molecule has 1 aromatic carbocycles. The molecule has 1 aliphatic heterocycles. The van der Waals surface area contributed by atoms with Gasteiger partial charge >= 0.3 is 0 Å². The molecule has 0 amide bonds. The summed E-state index contributed by atoms with van der Waals surface area (Å²) in [5, 5.41) is 3.60. The Morgan fingerprint density at radius 1 is 1.35 bits per heavy atom. The van der Waals surface area contributed by atoms with E-state index in [1.165, 1.54) is 6.07 Å². The van der Waals surface area contributed by atoms with Crippen LogP contribution in [0.15, 0.2) is 24.3 Å². The van der Waals surface area contributed by atoms with Crippen molar-refractivity contribution in [2.24, 2.45) is 5.92 Å². The van der Waals surface area contributed by atoms with Crippen molar-refractivity contribution in [3.8, 4) is 0 Å². The maximum absolute atomic E-state index is 13.4. The van der Waals surface area contributed by atoms with Gasteiger partial charge in [-0.25, -0.2) is 4.39 Å². The number of piperidine rings is 1. The first-order chi connectivity index (χ1) is 8.16. The number of benzene rings is 1. The predicted molar refractivity (Wildman–Crippen MR) is 72.6 cm³/mol. The molecular weight excluding hydrogens is 235 g/mol. The topological polar surface area (TPSA) is 15.3 Å². The van der Waals surface area contributed by atoms with E-state index in [0.29, 0.717) is 10.8 Å². The molecule has 0 aliphatic carbocycles. The smallest absolute Gasteiger partial charge is 0.173 e. The summed E-state index contributed by atoms with van der Waals surface area (Å²) in [6.07, 6.45) is 2.30.